The Bertz CT molecular complexity index is 863. The number of pyridine rings is 1. The maximum absolute atomic E-state index is 4.53. The summed E-state index contributed by atoms with van der Waals surface area (Å²) in [6, 6.07) is 8.68. The molecule has 1 saturated heterocycles. The zero-order chi connectivity index (χ0) is 16.5. The summed E-state index contributed by atoms with van der Waals surface area (Å²) < 4.78 is 0. The van der Waals surface area contributed by atoms with Gasteiger partial charge < -0.3 is 9.80 Å². The molecular formula is C19H21N5. The normalized spacial score (nSPS) is 15.1. The molecule has 5 heteroatoms. The Morgan fingerprint density at radius 1 is 0.917 bits per heavy atom. The van der Waals surface area contributed by atoms with Crippen molar-refractivity contribution in [1.82, 2.24) is 15.0 Å². The van der Waals surface area contributed by atoms with Gasteiger partial charge in [-0.15, -0.1) is 0 Å². The lowest BCUT2D eigenvalue weighted by molar-refractivity contribution is 0.647. The van der Waals surface area contributed by atoms with E-state index in [9.17, 15) is 0 Å². The van der Waals surface area contributed by atoms with E-state index in [-0.39, 0.29) is 0 Å². The topological polar surface area (TPSA) is 45.2 Å². The molecule has 0 radical (unpaired) electrons. The highest BCUT2D eigenvalue weighted by Gasteiger charge is 2.21. The predicted molar refractivity (Wildman–Crippen MR) is 97.7 cm³/mol. The lowest BCUT2D eigenvalue weighted by Crippen LogP contribution is -2.47. The van der Waals surface area contributed by atoms with E-state index in [1.54, 1.807) is 12.5 Å². The minimum atomic E-state index is 0.902. The van der Waals surface area contributed by atoms with Crippen molar-refractivity contribution in [2.45, 2.75) is 13.8 Å². The van der Waals surface area contributed by atoms with Crippen LogP contribution in [0, 0.1) is 13.8 Å². The van der Waals surface area contributed by atoms with E-state index in [1.165, 1.54) is 16.8 Å². The Hall–Kier alpha value is -2.69. The Balaban J connectivity index is 1.57. The van der Waals surface area contributed by atoms with Gasteiger partial charge >= 0.3 is 0 Å². The van der Waals surface area contributed by atoms with Crippen molar-refractivity contribution in [3.8, 4) is 0 Å². The van der Waals surface area contributed by atoms with E-state index >= 15 is 0 Å². The largest absolute Gasteiger partial charge is 0.368 e. The summed E-state index contributed by atoms with van der Waals surface area (Å²) in [5, 5.41) is 1.08. The highest BCUT2D eigenvalue weighted by atomic mass is 15.3. The van der Waals surface area contributed by atoms with Gasteiger partial charge in [0.15, 0.2) is 0 Å². The molecule has 122 valence electrons. The molecular weight excluding hydrogens is 298 g/mol. The van der Waals surface area contributed by atoms with Crippen LogP contribution in [0.1, 0.15) is 11.1 Å². The zero-order valence-corrected chi connectivity index (χ0v) is 14.1. The van der Waals surface area contributed by atoms with Gasteiger partial charge in [-0.05, 0) is 37.1 Å². The standard InChI is InChI=1S/C19H21N5/c1-14-3-4-15(2)18(11-14)23-7-9-24(10-8-23)19-16-5-6-20-12-17(16)21-13-22-19/h3-6,11-13H,7-10H2,1-2H3. The summed E-state index contributed by atoms with van der Waals surface area (Å²) in [5.74, 6) is 1.02. The average Bonchev–Trinajstić information content (AvgIpc) is 2.63. The van der Waals surface area contributed by atoms with Crippen LogP contribution in [0.2, 0.25) is 0 Å². The van der Waals surface area contributed by atoms with E-state index in [4.69, 9.17) is 0 Å². The number of fused-ring (bicyclic) bond motifs is 1. The van der Waals surface area contributed by atoms with Crippen molar-refractivity contribution in [3.05, 3.63) is 54.1 Å². The predicted octanol–water partition coefficient (Wildman–Crippen LogP) is 2.97. The van der Waals surface area contributed by atoms with Crippen LogP contribution >= 0.6 is 0 Å². The Morgan fingerprint density at radius 3 is 2.54 bits per heavy atom. The number of aromatic nitrogens is 3. The smallest absolute Gasteiger partial charge is 0.140 e. The van der Waals surface area contributed by atoms with Gasteiger partial charge in [0.25, 0.3) is 0 Å². The van der Waals surface area contributed by atoms with Gasteiger partial charge in [-0.25, -0.2) is 9.97 Å². The number of rotatable bonds is 2. The average molecular weight is 319 g/mol. The first-order valence-electron chi connectivity index (χ1n) is 8.34. The molecule has 24 heavy (non-hydrogen) atoms. The van der Waals surface area contributed by atoms with Crippen LogP contribution in [-0.4, -0.2) is 41.1 Å². The fourth-order valence-corrected chi connectivity index (χ4v) is 3.36. The molecule has 5 nitrogen and oxygen atoms in total. The number of benzene rings is 1. The first-order chi connectivity index (χ1) is 11.7. The Kier molecular flexibility index (Phi) is 3.76. The first kappa shape index (κ1) is 14.9. The third kappa shape index (κ3) is 2.66. The monoisotopic (exact) mass is 319 g/mol. The van der Waals surface area contributed by atoms with Crippen LogP contribution < -0.4 is 9.80 Å². The maximum atomic E-state index is 4.53. The number of aryl methyl sites for hydroxylation is 2. The van der Waals surface area contributed by atoms with Crippen molar-refractivity contribution in [3.63, 3.8) is 0 Å². The zero-order valence-electron chi connectivity index (χ0n) is 14.1. The third-order valence-corrected chi connectivity index (χ3v) is 4.70. The number of hydrogen-bond donors (Lipinski definition) is 0. The van der Waals surface area contributed by atoms with Gasteiger partial charge in [-0.3, -0.25) is 4.98 Å². The molecule has 0 amide bonds. The molecule has 0 atom stereocenters. The van der Waals surface area contributed by atoms with Gasteiger partial charge in [0.1, 0.15) is 12.1 Å². The van der Waals surface area contributed by atoms with Gasteiger partial charge in [-0.2, -0.15) is 0 Å². The molecule has 2 aromatic heterocycles. The second-order valence-corrected chi connectivity index (χ2v) is 6.35. The Morgan fingerprint density at radius 2 is 1.71 bits per heavy atom. The molecule has 4 rings (SSSR count). The molecule has 1 fully saturated rings. The maximum Gasteiger partial charge on any atom is 0.140 e. The fourth-order valence-electron chi connectivity index (χ4n) is 3.36. The molecule has 0 N–H and O–H groups in total. The van der Waals surface area contributed by atoms with E-state index in [2.05, 4.69) is 56.8 Å². The summed E-state index contributed by atoms with van der Waals surface area (Å²) in [6.45, 7) is 8.26. The third-order valence-electron chi connectivity index (χ3n) is 4.70. The summed E-state index contributed by atoms with van der Waals surface area (Å²) in [6.07, 6.45) is 5.24. The molecule has 0 bridgehead atoms. The van der Waals surface area contributed by atoms with Crippen molar-refractivity contribution in [2.75, 3.05) is 36.0 Å². The molecule has 0 aliphatic carbocycles. The van der Waals surface area contributed by atoms with Crippen LogP contribution in [-0.2, 0) is 0 Å². The van der Waals surface area contributed by atoms with Crippen LogP contribution in [0.3, 0.4) is 0 Å². The minimum Gasteiger partial charge on any atom is -0.368 e. The van der Waals surface area contributed by atoms with Gasteiger partial charge in [0.2, 0.25) is 0 Å². The number of anilines is 2. The van der Waals surface area contributed by atoms with Crippen LogP contribution in [0.4, 0.5) is 11.5 Å². The molecule has 1 aliphatic rings. The first-order valence-corrected chi connectivity index (χ1v) is 8.34. The lowest BCUT2D eigenvalue weighted by Gasteiger charge is -2.37. The second kappa shape index (κ2) is 6.07. The second-order valence-electron chi connectivity index (χ2n) is 6.35. The van der Waals surface area contributed by atoms with Crippen molar-refractivity contribution < 1.29 is 0 Å². The van der Waals surface area contributed by atoms with Crippen LogP contribution in [0.25, 0.3) is 10.9 Å². The van der Waals surface area contributed by atoms with Crippen LogP contribution in [0.5, 0.6) is 0 Å². The number of nitrogens with zero attached hydrogens (tertiary/aromatic N) is 5. The summed E-state index contributed by atoms with van der Waals surface area (Å²) in [4.78, 5) is 17.8. The van der Waals surface area contributed by atoms with E-state index in [0.717, 1.165) is 42.9 Å². The highest BCUT2D eigenvalue weighted by Crippen LogP contribution is 2.26. The van der Waals surface area contributed by atoms with Crippen molar-refractivity contribution in [1.29, 1.82) is 0 Å². The van der Waals surface area contributed by atoms with Crippen molar-refractivity contribution >= 4 is 22.4 Å². The highest BCUT2D eigenvalue weighted by molar-refractivity contribution is 5.88. The number of hydrogen-bond acceptors (Lipinski definition) is 5. The molecule has 0 spiro atoms. The molecule has 3 aromatic rings. The van der Waals surface area contributed by atoms with Crippen molar-refractivity contribution in [2.24, 2.45) is 0 Å². The summed E-state index contributed by atoms with van der Waals surface area (Å²) in [7, 11) is 0. The quantitative estimate of drug-likeness (QED) is 0.726. The molecule has 3 heterocycles. The Labute approximate surface area is 142 Å². The van der Waals surface area contributed by atoms with E-state index < -0.39 is 0 Å². The molecule has 0 unspecified atom stereocenters. The molecule has 1 aromatic carbocycles. The lowest BCUT2D eigenvalue weighted by atomic mass is 10.1. The van der Waals surface area contributed by atoms with Gasteiger partial charge in [-0.1, -0.05) is 12.1 Å². The van der Waals surface area contributed by atoms with E-state index in [0.29, 0.717) is 0 Å². The summed E-state index contributed by atoms with van der Waals surface area (Å²) >= 11 is 0. The molecule has 1 aliphatic heterocycles. The number of piperazine rings is 1. The van der Waals surface area contributed by atoms with Crippen LogP contribution in [0.15, 0.2) is 43.0 Å². The summed E-state index contributed by atoms with van der Waals surface area (Å²) in [5.41, 5.74) is 4.91. The SMILES string of the molecule is Cc1ccc(C)c(N2CCN(c3ncnc4cnccc34)CC2)c1. The van der Waals surface area contributed by atoms with E-state index in [1.807, 2.05) is 12.3 Å². The van der Waals surface area contributed by atoms with Gasteiger partial charge in [0, 0.05) is 43.4 Å². The minimum absolute atomic E-state index is 0.902. The molecule has 0 saturated carbocycles. The fraction of sp³-hybridized carbons (Fsp3) is 0.316. The van der Waals surface area contributed by atoms with Gasteiger partial charge in [0.05, 0.1) is 11.7 Å².